The Balaban J connectivity index is 1.27. The number of benzene rings is 2. The van der Waals surface area contributed by atoms with E-state index in [0.717, 1.165) is 52.1 Å². The van der Waals surface area contributed by atoms with Crippen molar-refractivity contribution < 1.29 is 34.0 Å². The number of cyclic esters (lactones) is 1. The van der Waals surface area contributed by atoms with Gasteiger partial charge in [-0.2, -0.15) is 0 Å². The summed E-state index contributed by atoms with van der Waals surface area (Å²) in [5.74, 6) is -0.823. The Kier molecular flexibility index (Phi) is 10.4. The summed E-state index contributed by atoms with van der Waals surface area (Å²) in [6, 6.07) is 14.2. The second kappa shape index (κ2) is 14.1. The number of hydrogen-bond acceptors (Lipinski definition) is 9. The highest BCUT2D eigenvalue weighted by Gasteiger charge is 2.44. The maximum absolute atomic E-state index is 13.3. The smallest absolute Gasteiger partial charge is 0.309 e. The van der Waals surface area contributed by atoms with E-state index < -0.39 is 35.6 Å². The highest BCUT2D eigenvalue weighted by molar-refractivity contribution is 7.09. The third kappa shape index (κ3) is 8.19. The first-order valence-electron chi connectivity index (χ1n) is 15.9. The van der Waals surface area contributed by atoms with Crippen LogP contribution in [0.3, 0.4) is 0 Å². The summed E-state index contributed by atoms with van der Waals surface area (Å²) in [4.78, 5) is 31.2. The number of aliphatic hydroxyl groups is 2. The molecule has 0 bridgehead atoms. The van der Waals surface area contributed by atoms with Crippen molar-refractivity contribution in [3.05, 3.63) is 64.1 Å². The lowest BCUT2D eigenvalue weighted by atomic mass is 9.73. The number of thiazole rings is 1. The molecule has 9 heteroatoms. The Labute approximate surface area is 269 Å². The lowest BCUT2D eigenvalue weighted by molar-refractivity contribution is -0.154. The molecule has 0 aliphatic carbocycles. The zero-order chi connectivity index (χ0) is 32.3. The van der Waals surface area contributed by atoms with Gasteiger partial charge in [-0.15, -0.1) is 11.3 Å². The summed E-state index contributed by atoms with van der Waals surface area (Å²) in [6.07, 6.45) is 1.92. The molecule has 2 aromatic carbocycles. The van der Waals surface area contributed by atoms with Crippen molar-refractivity contribution in [1.82, 2.24) is 4.98 Å². The highest BCUT2D eigenvalue weighted by Crippen LogP contribution is 2.36. The minimum atomic E-state index is -1.26. The summed E-state index contributed by atoms with van der Waals surface area (Å²) in [7, 11) is 0. The normalized spacial score (nSPS) is 30.0. The molecule has 5 rings (SSSR count). The van der Waals surface area contributed by atoms with Crippen LogP contribution in [-0.4, -0.2) is 57.5 Å². The average Bonchev–Trinajstić information content (AvgIpc) is 3.60. The number of aromatic nitrogens is 1. The molecular weight excluding hydrogens is 590 g/mol. The Bertz CT molecular complexity index is 1530. The van der Waals surface area contributed by atoms with Crippen molar-refractivity contribution in [2.75, 3.05) is 0 Å². The number of carbonyl (C=O) groups excluding carboxylic acids is 2. The van der Waals surface area contributed by atoms with Crippen LogP contribution in [0.4, 0.5) is 0 Å². The van der Waals surface area contributed by atoms with Gasteiger partial charge < -0.3 is 24.4 Å². The fourth-order valence-corrected chi connectivity index (χ4v) is 6.86. The molecule has 2 N–H and O–H groups in total. The van der Waals surface area contributed by atoms with Crippen LogP contribution >= 0.6 is 11.3 Å². The quantitative estimate of drug-likeness (QED) is 0.241. The molecule has 0 unspecified atom stereocenters. The van der Waals surface area contributed by atoms with Crippen LogP contribution in [0, 0.1) is 17.3 Å². The first-order chi connectivity index (χ1) is 21.4. The third-order valence-corrected chi connectivity index (χ3v) is 10.3. The van der Waals surface area contributed by atoms with Gasteiger partial charge in [0.05, 0.1) is 41.9 Å². The number of ketones is 1. The van der Waals surface area contributed by atoms with E-state index in [1.165, 1.54) is 11.3 Å². The highest BCUT2D eigenvalue weighted by atomic mass is 32.1. The molecule has 2 fully saturated rings. The van der Waals surface area contributed by atoms with Gasteiger partial charge in [-0.25, -0.2) is 4.98 Å². The van der Waals surface area contributed by atoms with Crippen molar-refractivity contribution in [2.45, 2.75) is 104 Å². The van der Waals surface area contributed by atoms with Crippen LogP contribution in [-0.2, 0) is 25.7 Å². The van der Waals surface area contributed by atoms with Gasteiger partial charge in [0.2, 0.25) is 0 Å². The number of rotatable bonds is 5. The van der Waals surface area contributed by atoms with E-state index in [1.807, 2.05) is 55.6 Å². The molecule has 242 valence electrons. The summed E-state index contributed by atoms with van der Waals surface area (Å²) in [5, 5.41) is 26.9. The monoisotopic (exact) mass is 635 g/mol. The Morgan fingerprint density at radius 2 is 1.84 bits per heavy atom. The standard InChI is InChI=1S/C36H45NO7S/c1-21-9-8-12-28-30(43-28)17-29(44-33(39)18-31(38)36(4,5)35(41)23(3)34(21)40)22(2)15-26-20-45-32(37-26)19-42-27-14-13-24-10-6-7-11-25(24)16-27/h6-7,10-11,13-16,20-21,23,28-31,34,38,40H,8-9,12,17-19H2,1-5H3/b22-15+/t21-,23+,28+,29-,30-,31-,34-/m0/s1. The molecule has 2 aliphatic rings. The Morgan fingerprint density at radius 3 is 2.62 bits per heavy atom. The van der Waals surface area contributed by atoms with Crippen molar-refractivity contribution >= 4 is 39.9 Å². The van der Waals surface area contributed by atoms with Crippen molar-refractivity contribution in [1.29, 1.82) is 0 Å². The minimum Gasteiger partial charge on any atom is -0.486 e. The molecular formula is C36H45NO7S. The van der Waals surface area contributed by atoms with Crippen molar-refractivity contribution in [3.63, 3.8) is 0 Å². The Morgan fingerprint density at radius 1 is 1.09 bits per heavy atom. The second-order valence-electron chi connectivity index (χ2n) is 13.3. The van der Waals surface area contributed by atoms with Crippen LogP contribution in [0.15, 0.2) is 53.4 Å². The number of ether oxygens (including phenoxy) is 3. The molecule has 45 heavy (non-hydrogen) atoms. The van der Waals surface area contributed by atoms with E-state index in [-0.39, 0.29) is 30.3 Å². The van der Waals surface area contributed by atoms with Gasteiger partial charge in [-0.3, -0.25) is 9.59 Å². The molecule has 0 saturated carbocycles. The zero-order valence-corrected chi connectivity index (χ0v) is 27.6. The van der Waals surface area contributed by atoms with Crippen molar-refractivity contribution in [3.8, 4) is 5.75 Å². The molecule has 0 spiro atoms. The van der Waals surface area contributed by atoms with Crippen LogP contribution in [0.2, 0.25) is 0 Å². The summed E-state index contributed by atoms with van der Waals surface area (Å²) in [5.41, 5.74) is 0.341. The maximum Gasteiger partial charge on any atom is 0.309 e. The number of hydrogen-bond donors (Lipinski definition) is 2. The van der Waals surface area contributed by atoms with Crippen molar-refractivity contribution in [2.24, 2.45) is 17.3 Å². The van der Waals surface area contributed by atoms with E-state index in [2.05, 4.69) is 12.1 Å². The van der Waals surface area contributed by atoms with E-state index in [9.17, 15) is 19.8 Å². The fourth-order valence-electron chi connectivity index (χ4n) is 6.19. The predicted octanol–water partition coefficient (Wildman–Crippen LogP) is 6.51. The largest absolute Gasteiger partial charge is 0.486 e. The molecule has 3 aromatic rings. The average molecular weight is 636 g/mol. The summed E-state index contributed by atoms with van der Waals surface area (Å²) in [6.45, 7) is 9.15. The maximum atomic E-state index is 13.3. The van der Waals surface area contributed by atoms with Gasteiger partial charge in [0.25, 0.3) is 0 Å². The summed E-state index contributed by atoms with van der Waals surface area (Å²) >= 11 is 1.50. The van der Waals surface area contributed by atoms with E-state index in [4.69, 9.17) is 19.2 Å². The number of nitrogens with zero attached hydrogens (tertiary/aromatic N) is 1. The van der Waals surface area contributed by atoms with Gasteiger partial charge in [-0.05, 0) is 60.2 Å². The minimum absolute atomic E-state index is 0.0394. The van der Waals surface area contributed by atoms with Gasteiger partial charge in [0.1, 0.15) is 29.3 Å². The molecule has 2 aliphatic heterocycles. The molecule has 0 radical (unpaired) electrons. The Hall–Kier alpha value is -3.11. The lowest BCUT2D eigenvalue weighted by Crippen LogP contribution is -2.45. The molecule has 0 amide bonds. The van der Waals surface area contributed by atoms with E-state index in [0.29, 0.717) is 13.0 Å². The van der Waals surface area contributed by atoms with Crippen LogP contribution in [0.1, 0.15) is 77.4 Å². The van der Waals surface area contributed by atoms with Gasteiger partial charge in [0, 0.05) is 17.7 Å². The third-order valence-electron chi connectivity index (χ3n) is 9.43. The zero-order valence-electron chi connectivity index (χ0n) is 26.8. The first-order valence-corrected chi connectivity index (χ1v) is 16.8. The topological polar surface area (TPSA) is 118 Å². The molecule has 3 heterocycles. The molecule has 1 aromatic heterocycles. The number of esters is 1. The van der Waals surface area contributed by atoms with E-state index in [1.54, 1.807) is 20.8 Å². The van der Waals surface area contributed by atoms with Crippen LogP contribution in [0.25, 0.3) is 16.8 Å². The van der Waals surface area contributed by atoms with Crippen LogP contribution in [0.5, 0.6) is 5.75 Å². The second-order valence-corrected chi connectivity index (χ2v) is 14.2. The van der Waals surface area contributed by atoms with Gasteiger partial charge >= 0.3 is 5.97 Å². The van der Waals surface area contributed by atoms with Gasteiger partial charge in [0.15, 0.2) is 0 Å². The number of Topliss-reactive ketones (excluding diaryl/α,β-unsaturated/α-hetero) is 1. The molecule has 7 atom stereocenters. The fraction of sp³-hybridized carbons (Fsp3) is 0.528. The number of carbonyl (C=O) groups is 2. The van der Waals surface area contributed by atoms with E-state index >= 15 is 0 Å². The molecule has 8 nitrogen and oxygen atoms in total. The number of epoxide rings is 1. The van der Waals surface area contributed by atoms with Crippen LogP contribution < -0.4 is 4.74 Å². The number of fused-ring (bicyclic) bond motifs is 2. The lowest BCUT2D eigenvalue weighted by Gasteiger charge is -2.34. The first kappa shape index (κ1) is 33.3. The number of aliphatic hydroxyl groups excluding tert-OH is 2. The van der Waals surface area contributed by atoms with Gasteiger partial charge in [-0.1, -0.05) is 64.4 Å². The SMILES string of the molecule is C/C(=C\c1csc(COc2ccc3ccccc3c2)n1)[C@@H]1C[C@@H]2O[C@@H]2CCC[C@H](C)[C@H](O)[C@@H](C)C(=O)C(C)(C)[C@@H](O)CC(=O)O1. The predicted molar refractivity (Wildman–Crippen MR) is 175 cm³/mol. The molecule has 2 saturated heterocycles. The summed E-state index contributed by atoms with van der Waals surface area (Å²) < 4.78 is 17.9.